The fourth-order valence-electron chi connectivity index (χ4n) is 6.09. The third-order valence-electron chi connectivity index (χ3n) is 8.28. The number of benzene rings is 5. The normalized spacial score (nSPS) is 16.7. The summed E-state index contributed by atoms with van der Waals surface area (Å²) >= 11 is 0. The van der Waals surface area contributed by atoms with Gasteiger partial charge >= 0.3 is 0 Å². The standard InChI is InChI=1S/C37H28N2O4S/c1-25-9-8-13-33-37(25)43-36-16-7-4-12-32(36)39(33)27-19-23-29(24-20-27)44(40,41)28-21-17-26(18-22-28)38-30-10-2-5-14-34(30)42-35-15-6-3-11-31(35)38/h2-8,10-25H,9H2,1H3. The van der Waals surface area contributed by atoms with E-state index in [1.165, 1.54) is 0 Å². The first-order valence-corrected chi connectivity index (χ1v) is 16.1. The molecule has 0 saturated heterocycles. The van der Waals surface area contributed by atoms with Gasteiger partial charge in [0.05, 0.1) is 32.6 Å². The van der Waals surface area contributed by atoms with Gasteiger partial charge in [-0.1, -0.05) is 49.4 Å². The molecule has 3 aliphatic rings. The third-order valence-corrected chi connectivity index (χ3v) is 10.1. The van der Waals surface area contributed by atoms with Crippen molar-refractivity contribution < 1.29 is 17.9 Å². The van der Waals surface area contributed by atoms with Gasteiger partial charge in [-0.2, -0.15) is 0 Å². The summed E-state index contributed by atoms with van der Waals surface area (Å²) in [6, 6.07) is 37.7. The number of nitrogens with zero attached hydrogens (tertiary/aromatic N) is 2. The maximum Gasteiger partial charge on any atom is 0.206 e. The van der Waals surface area contributed by atoms with E-state index in [9.17, 15) is 8.42 Å². The Morgan fingerprint density at radius 2 is 1.05 bits per heavy atom. The van der Waals surface area contributed by atoms with Crippen molar-refractivity contribution in [2.75, 3.05) is 9.80 Å². The van der Waals surface area contributed by atoms with Gasteiger partial charge < -0.3 is 19.3 Å². The predicted octanol–water partition coefficient (Wildman–Crippen LogP) is 9.43. The molecule has 0 saturated carbocycles. The predicted molar refractivity (Wildman–Crippen MR) is 172 cm³/mol. The van der Waals surface area contributed by atoms with Crippen LogP contribution in [-0.4, -0.2) is 8.42 Å². The van der Waals surface area contributed by atoms with Crippen molar-refractivity contribution >= 4 is 38.3 Å². The van der Waals surface area contributed by atoms with Crippen LogP contribution in [0.15, 0.2) is 155 Å². The molecule has 1 atom stereocenters. The molecule has 1 unspecified atom stereocenters. The Morgan fingerprint density at radius 1 is 0.591 bits per heavy atom. The number of anilines is 5. The molecule has 0 aromatic heterocycles. The molecule has 44 heavy (non-hydrogen) atoms. The monoisotopic (exact) mass is 596 g/mol. The van der Waals surface area contributed by atoms with E-state index in [0.717, 1.165) is 63.6 Å². The van der Waals surface area contributed by atoms with Crippen LogP contribution in [0.25, 0.3) is 0 Å². The molecule has 7 heteroatoms. The average molecular weight is 597 g/mol. The molecule has 0 spiro atoms. The van der Waals surface area contributed by atoms with Crippen LogP contribution < -0.4 is 19.3 Å². The molecule has 2 heterocycles. The van der Waals surface area contributed by atoms with Gasteiger partial charge in [0.25, 0.3) is 0 Å². The molecule has 2 aliphatic heterocycles. The highest BCUT2D eigenvalue weighted by molar-refractivity contribution is 7.91. The topological polar surface area (TPSA) is 59.1 Å². The Morgan fingerprint density at radius 3 is 1.59 bits per heavy atom. The van der Waals surface area contributed by atoms with E-state index in [1.54, 1.807) is 24.3 Å². The highest BCUT2D eigenvalue weighted by Crippen LogP contribution is 2.50. The number of fused-ring (bicyclic) bond motifs is 3. The summed E-state index contributed by atoms with van der Waals surface area (Å²) in [5, 5.41) is 0. The first kappa shape index (κ1) is 26.4. The summed E-state index contributed by atoms with van der Waals surface area (Å²) in [4.78, 5) is 4.70. The maximum atomic E-state index is 13.8. The van der Waals surface area contributed by atoms with Crippen LogP contribution in [-0.2, 0) is 9.84 Å². The number of hydrogen-bond donors (Lipinski definition) is 0. The van der Waals surface area contributed by atoms with Gasteiger partial charge in [0, 0.05) is 17.3 Å². The zero-order chi connectivity index (χ0) is 29.8. The lowest BCUT2D eigenvalue weighted by Crippen LogP contribution is -2.27. The van der Waals surface area contributed by atoms with Crippen molar-refractivity contribution in [2.24, 2.45) is 5.92 Å². The lowest BCUT2D eigenvalue weighted by molar-refractivity contribution is 0.342. The van der Waals surface area contributed by atoms with Gasteiger partial charge in [-0.3, -0.25) is 0 Å². The molecule has 0 N–H and O–H groups in total. The first-order chi connectivity index (χ1) is 21.5. The molecule has 5 aromatic carbocycles. The van der Waals surface area contributed by atoms with Gasteiger partial charge in [-0.25, -0.2) is 8.42 Å². The summed E-state index contributed by atoms with van der Waals surface area (Å²) in [6.45, 7) is 2.16. The molecule has 0 radical (unpaired) electrons. The molecule has 6 nitrogen and oxygen atoms in total. The largest absolute Gasteiger partial charge is 0.457 e. The van der Waals surface area contributed by atoms with Crippen LogP contribution >= 0.6 is 0 Å². The van der Waals surface area contributed by atoms with Gasteiger partial charge in [0.1, 0.15) is 5.76 Å². The summed E-state index contributed by atoms with van der Waals surface area (Å²) in [7, 11) is -3.76. The number of rotatable bonds is 4. The molecular formula is C37H28N2O4S. The number of ether oxygens (including phenoxy) is 2. The summed E-state index contributed by atoms with van der Waals surface area (Å²) in [6.07, 6.45) is 5.16. The van der Waals surface area contributed by atoms with Crippen LogP contribution in [0.2, 0.25) is 0 Å². The number of sulfone groups is 1. The highest BCUT2D eigenvalue weighted by Gasteiger charge is 2.31. The summed E-state index contributed by atoms with van der Waals surface area (Å²) < 4.78 is 40.0. The Bertz CT molecular complexity index is 2040. The Hall–Kier alpha value is -5.27. The van der Waals surface area contributed by atoms with Crippen molar-refractivity contribution in [3.05, 3.63) is 145 Å². The van der Waals surface area contributed by atoms with Crippen LogP contribution in [0.3, 0.4) is 0 Å². The van der Waals surface area contributed by atoms with Gasteiger partial charge in [0.15, 0.2) is 17.2 Å². The van der Waals surface area contributed by atoms with Crippen molar-refractivity contribution in [3.63, 3.8) is 0 Å². The maximum absolute atomic E-state index is 13.8. The van der Waals surface area contributed by atoms with Crippen LogP contribution in [0.4, 0.5) is 28.4 Å². The van der Waals surface area contributed by atoms with E-state index in [2.05, 4.69) is 28.9 Å². The minimum atomic E-state index is -3.76. The zero-order valence-corrected chi connectivity index (χ0v) is 24.7. The third kappa shape index (κ3) is 4.19. The van der Waals surface area contributed by atoms with Gasteiger partial charge in [-0.05, 0) is 97.4 Å². The molecule has 0 amide bonds. The molecule has 216 valence electrons. The number of hydrogen-bond acceptors (Lipinski definition) is 6. The van der Waals surface area contributed by atoms with Crippen molar-refractivity contribution in [1.82, 2.24) is 0 Å². The van der Waals surface area contributed by atoms with Crippen LogP contribution in [0.1, 0.15) is 13.3 Å². The van der Waals surface area contributed by atoms with Crippen molar-refractivity contribution in [3.8, 4) is 17.2 Å². The van der Waals surface area contributed by atoms with Crippen LogP contribution in [0, 0.1) is 5.92 Å². The Labute approximate surface area is 256 Å². The SMILES string of the molecule is CC1CC=CC2=C1Oc1ccccc1N2c1ccc(S(=O)(=O)c2ccc(N3c4ccccc4Oc4ccccc43)cc2)cc1. The fourth-order valence-corrected chi connectivity index (χ4v) is 7.35. The number of allylic oxidation sites excluding steroid dienone is 3. The molecule has 8 rings (SSSR count). The highest BCUT2D eigenvalue weighted by atomic mass is 32.2. The van der Waals surface area contributed by atoms with Gasteiger partial charge in [0.2, 0.25) is 9.84 Å². The lowest BCUT2D eigenvalue weighted by atomic mass is 9.96. The minimum Gasteiger partial charge on any atom is -0.457 e. The van der Waals surface area contributed by atoms with Gasteiger partial charge in [-0.15, -0.1) is 0 Å². The second-order valence-electron chi connectivity index (χ2n) is 11.1. The minimum absolute atomic E-state index is 0.231. The van der Waals surface area contributed by atoms with E-state index in [-0.39, 0.29) is 15.7 Å². The zero-order valence-electron chi connectivity index (χ0n) is 23.9. The molecular weight excluding hydrogens is 568 g/mol. The Balaban J connectivity index is 1.12. The first-order valence-electron chi connectivity index (χ1n) is 14.6. The summed E-state index contributed by atoms with van der Waals surface area (Å²) in [5.74, 6) is 3.44. The van der Waals surface area contributed by atoms with E-state index in [4.69, 9.17) is 9.47 Å². The fraction of sp³-hybridized carbons (Fsp3) is 0.0811. The Kier molecular flexibility index (Phi) is 6.10. The van der Waals surface area contributed by atoms with E-state index in [0.29, 0.717) is 0 Å². The smallest absolute Gasteiger partial charge is 0.206 e. The van der Waals surface area contributed by atoms with E-state index in [1.807, 2.05) is 97.1 Å². The molecule has 1 aliphatic carbocycles. The summed E-state index contributed by atoms with van der Waals surface area (Å²) in [5.41, 5.74) is 5.38. The lowest BCUT2D eigenvalue weighted by Gasteiger charge is -2.37. The van der Waals surface area contributed by atoms with E-state index < -0.39 is 9.84 Å². The second kappa shape index (κ2) is 10.2. The molecule has 5 aromatic rings. The van der Waals surface area contributed by atoms with Crippen molar-refractivity contribution in [1.29, 1.82) is 0 Å². The number of para-hydroxylation sites is 6. The van der Waals surface area contributed by atoms with Crippen LogP contribution in [0.5, 0.6) is 17.2 Å². The quantitative estimate of drug-likeness (QED) is 0.202. The molecule has 0 bridgehead atoms. The van der Waals surface area contributed by atoms with E-state index >= 15 is 0 Å². The average Bonchev–Trinajstić information content (AvgIpc) is 3.06. The van der Waals surface area contributed by atoms with Crippen molar-refractivity contribution in [2.45, 2.75) is 23.1 Å². The molecule has 0 fully saturated rings. The second-order valence-corrected chi connectivity index (χ2v) is 13.0.